The largest absolute Gasteiger partial charge is 0.494 e. The molecule has 4 rings (SSSR count). The summed E-state index contributed by atoms with van der Waals surface area (Å²) in [5, 5.41) is 11.7. The minimum Gasteiger partial charge on any atom is -0.494 e. The summed E-state index contributed by atoms with van der Waals surface area (Å²) < 4.78 is 14.5. The van der Waals surface area contributed by atoms with Crippen molar-refractivity contribution in [2.45, 2.75) is 58.7 Å². The Hall–Kier alpha value is -2.49. The number of thioether (sulfide) groups is 2. The molecule has 8 nitrogen and oxygen atoms in total. The van der Waals surface area contributed by atoms with E-state index in [1.165, 1.54) is 16.2 Å². The Morgan fingerprint density at radius 3 is 2.63 bits per heavy atom. The summed E-state index contributed by atoms with van der Waals surface area (Å²) in [4.78, 5) is 28.6. The number of fused-ring (bicyclic) bond motifs is 1. The van der Waals surface area contributed by atoms with Crippen LogP contribution in [-0.2, 0) is 11.3 Å². The molecule has 1 aromatic heterocycles. The van der Waals surface area contributed by atoms with Gasteiger partial charge in [0.15, 0.2) is 5.75 Å². The molecular formula is C30H38ClN3O5S2. The van der Waals surface area contributed by atoms with Crippen molar-refractivity contribution in [3.8, 4) is 11.6 Å². The average molecular weight is 620 g/mol. The topological polar surface area (TPSA) is 85.9 Å². The minimum atomic E-state index is -0.577. The highest BCUT2D eigenvalue weighted by Crippen LogP contribution is 2.40. The fraction of sp³-hybridized carbons (Fsp3) is 0.500. The molecule has 0 unspecified atom stereocenters. The molecule has 0 amide bonds. The van der Waals surface area contributed by atoms with Crippen molar-refractivity contribution < 1.29 is 14.6 Å². The second-order valence-electron chi connectivity index (χ2n) is 10.4. The van der Waals surface area contributed by atoms with E-state index in [1.807, 2.05) is 34.5 Å². The molecule has 41 heavy (non-hydrogen) atoms. The van der Waals surface area contributed by atoms with Crippen LogP contribution in [0.5, 0.6) is 11.6 Å². The predicted octanol–water partition coefficient (Wildman–Crippen LogP) is 5.91. The van der Waals surface area contributed by atoms with Crippen LogP contribution < -0.4 is 20.9 Å². The number of benzene rings is 1. The minimum absolute atomic E-state index is 0.0206. The van der Waals surface area contributed by atoms with Gasteiger partial charge >= 0.3 is 5.69 Å². The molecule has 0 spiro atoms. The monoisotopic (exact) mass is 619 g/mol. The molecule has 0 bridgehead atoms. The summed E-state index contributed by atoms with van der Waals surface area (Å²) in [5.74, 6) is 4.29. The highest BCUT2D eigenvalue weighted by atomic mass is 35.5. The fourth-order valence-electron chi connectivity index (χ4n) is 4.63. The van der Waals surface area contributed by atoms with Crippen molar-refractivity contribution in [1.29, 1.82) is 0 Å². The molecular weight excluding hydrogens is 582 g/mol. The third-order valence-electron chi connectivity index (χ3n) is 6.74. The van der Waals surface area contributed by atoms with E-state index >= 15 is 0 Å². The highest BCUT2D eigenvalue weighted by molar-refractivity contribution is 8.01. The SMILES string of the molecule is C=C1CSCC(OCCCn2c(O)c(C=C=C3Oc4cc(Cl)ccc4N3CCCC)c(=O)n(C(C)C)c2=O)CSC1. The van der Waals surface area contributed by atoms with Crippen LogP contribution in [0.2, 0.25) is 5.02 Å². The lowest BCUT2D eigenvalue weighted by molar-refractivity contribution is 0.0802. The third-order valence-corrected chi connectivity index (χ3v) is 9.41. The molecule has 0 saturated carbocycles. The smallest absolute Gasteiger partial charge is 0.334 e. The van der Waals surface area contributed by atoms with Gasteiger partial charge in [-0.3, -0.25) is 13.9 Å². The van der Waals surface area contributed by atoms with Gasteiger partial charge in [-0.25, -0.2) is 4.79 Å². The van der Waals surface area contributed by atoms with Crippen LogP contribution in [0.25, 0.3) is 6.08 Å². The number of ether oxygens (including phenoxy) is 2. The van der Waals surface area contributed by atoms with Crippen molar-refractivity contribution >= 4 is 46.9 Å². The van der Waals surface area contributed by atoms with Gasteiger partial charge in [-0.1, -0.05) is 42.8 Å². The molecule has 11 heteroatoms. The summed E-state index contributed by atoms with van der Waals surface area (Å²) in [6.07, 6.45) is 3.94. The molecule has 1 saturated heterocycles. The first-order chi connectivity index (χ1) is 19.7. The van der Waals surface area contributed by atoms with E-state index in [2.05, 4.69) is 19.2 Å². The van der Waals surface area contributed by atoms with Gasteiger partial charge in [-0.05, 0) is 38.8 Å². The lowest BCUT2D eigenvalue weighted by atomic mass is 10.2. The van der Waals surface area contributed by atoms with Gasteiger partial charge in [-0.15, -0.1) is 0 Å². The van der Waals surface area contributed by atoms with Gasteiger partial charge in [0.25, 0.3) is 5.56 Å². The highest BCUT2D eigenvalue weighted by Gasteiger charge is 2.26. The second-order valence-corrected chi connectivity index (χ2v) is 12.9. The van der Waals surface area contributed by atoms with E-state index in [4.69, 9.17) is 21.1 Å². The van der Waals surface area contributed by atoms with Gasteiger partial charge < -0.3 is 19.5 Å². The maximum atomic E-state index is 13.3. The number of unbranched alkanes of at least 4 members (excludes halogenated alkanes) is 1. The number of aromatic nitrogens is 2. The first kappa shape index (κ1) is 31.4. The Balaban J connectivity index is 1.59. The van der Waals surface area contributed by atoms with Crippen LogP contribution in [0, 0.1) is 0 Å². The quantitative estimate of drug-likeness (QED) is 0.199. The number of halogens is 1. The fourth-order valence-corrected chi connectivity index (χ4v) is 7.04. The molecule has 0 atom stereocenters. The maximum Gasteiger partial charge on any atom is 0.334 e. The van der Waals surface area contributed by atoms with E-state index in [0.717, 1.165) is 46.1 Å². The Labute approximate surface area is 254 Å². The van der Waals surface area contributed by atoms with Crippen LogP contribution in [0.15, 0.2) is 51.6 Å². The standard InChI is InChI=1S/C30H38ClN3O5S2/c1-5-6-12-32-25-10-8-22(31)15-26(25)39-27(32)11-9-24-28(35)33(30(37)34(20(2)3)29(24)36)13-7-14-38-23-18-40-16-21(4)17-41-19-23/h8-10,15,20,23,35H,4-7,12-14,16-19H2,1-3H3. The van der Waals surface area contributed by atoms with Gasteiger partial charge in [0.05, 0.1) is 11.8 Å². The Morgan fingerprint density at radius 2 is 1.95 bits per heavy atom. The van der Waals surface area contributed by atoms with Gasteiger partial charge in [0.2, 0.25) is 11.8 Å². The summed E-state index contributed by atoms with van der Waals surface area (Å²) in [7, 11) is 0. The van der Waals surface area contributed by atoms with Gasteiger partial charge in [0.1, 0.15) is 5.56 Å². The molecule has 0 radical (unpaired) electrons. The van der Waals surface area contributed by atoms with E-state index in [9.17, 15) is 14.7 Å². The molecule has 2 aromatic rings. The van der Waals surface area contributed by atoms with E-state index in [0.29, 0.717) is 36.2 Å². The van der Waals surface area contributed by atoms with Crippen LogP contribution in [0.4, 0.5) is 5.69 Å². The lowest BCUT2D eigenvalue weighted by Gasteiger charge is -2.21. The van der Waals surface area contributed by atoms with Crippen LogP contribution in [0.1, 0.15) is 51.6 Å². The number of anilines is 1. The lowest BCUT2D eigenvalue weighted by Crippen LogP contribution is -2.42. The second kappa shape index (κ2) is 14.6. The zero-order valence-corrected chi connectivity index (χ0v) is 26.2. The van der Waals surface area contributed by atoms with Crippen LogP contribution in [-0.4, -0.2) is 56.5 Å². The molecule has 2 aliphatic heterocycles. The first-order valence-corrected chi connectivity index (χ1v) is 16.6. The number of aromatic hydroxyl groups is 1. The summed E-state index contributed by atoms with van der Waals surface area (Å²) >= 11 is 9.82. The maximum absolute atomic E-state index is 13.3. The van der Waals surface area contributed by atoms with E-state index in [-0.39, 0.29) is 24.1 Å². The van der Waals surface area contributed by atoms with Crippen molar-refractivity contribution in [2.24, 2.45) is 0 Å². The number of nitrogens with zero attached hydrogens (tertiary/aromatic N) is 3. The van der Waals surface area contributed by atoms with E-state index < -0.39 is 17.3 Å². The zero-order valence-electron chi connectivity index (χ0n) is 23.9. The van der Waals surface area contributed by atoms with Crippen molar-refractivity contribution in [2.75, 3.05) is 41.1 Å². The summed E-state index contributed by atoms with van der Waals surface area (Å²) in [5.41, 5.74) is 4.03. The number of hydrogen-bond donors (Lipinski definition) is 1. The van der Waals surface area contributed by atoms with Gasteiger partial charge in [0, 0.05) is 65.9 Å². The third kappa shape index (κ3) is 7.67. The van der Waals surface area contributed by atoms with Gasteiger partial charge in [-0.2, -0.15) is 23.5 Å². The summed E-state index contributed by atoms with van der Waals surface area (Å²) in [6, 6.07) is 5.03. The Bertz CT molecular complexity index is 1430. The molecule has 1 aromatic carbocycles. The normalized spacial score (nSPS) is 15.9. The van der Waals surface area contributed by atoms with Crippen molar-refractivity contribution in [3.05, 3.63) is 73.4 Å². The zero-order chi connectivity index (χ0) is 29.5. The molecule has 2 aliphatic rings. The van der Waals surface area contributed by atoms with E-state index in [1.54, 1.807) is 26.0 Å². The molecule has 0 aliphatic carbocycles. The Kier molecular flexibility index (Phi) is 11.2. The number of rotatable bonds is 10. The number of hydrogen-bond acceptors (Lipinski definition) is 8. The molecule has 1 fully saturated rings. The van der Waals surface area contributed by atoms with Crippen molar-refractivity contribution in [3.63, 3.8) is 0 Å². The molecule has 3 heterocycles. The molecule has 222 valence electrons. The first-order valence-electron chi connectivity index (χ1n) is 13.9. The van der Waals surface area contributed by atoms with Crippen LogP contribution in [0.3, 0.4) is 0 Å². The average Bonchev–Trinajstić information content (AvgIpc) is 3.25. The van der Waals surface area contributed by atoms with Crippen molar-refractivity contribution in [1.82, 2.24) is 9.13 Å². The predicted molar refractivity (Wildman–Crippen MR) is 171 cm³/mol. The summed E-state index contributed by atoms with van der Waals surface area (Å²) in [6.45, 7) is 11.1. The molecule has 1 N–H and O–H groups in total. The Morgan fingerprint density at radius 1 is 1.22 bits per heavy atom. The van der Waals surface area contributed by atoms with Crippen LogP contribution >= 0.6 is 35.1 Å².